The van der Waals surface area contributed by atoms with Crippen molar-refractivity contribution in [2.45, 2.75) is 0 Å². The molecule has 21 heavy (non-hydrogen) atoms. The first-order chi connectivity index (χ1) is 10.3. The molecule has 1 aromatic heterocycles. The Morgan fingerprint density at radius 1 is 1.05 bits per heavy atom. The molecule has 5 nitrogen and oxygen atoms in total. The molecule has 0 aliphatic carbocycles. The summed E-state index contributed by atoms with van der Waals surface area (Å²) < 4.78 is 6.76. The van der Waals surface area contributed by atoms with E-state index in [-0.39, 0.29) is 5.78 Å². The van der Waals surface area contributed by atoms with Gasteiger partial charge in [-0.25, -0.2) is 4.68 Å². The van der Waals surface area contributed by atoms with Gasteiger partial charge in [-0.2, -0.15) is 0 Å². The van der Waals surface area contributed by atoms with Gasteiger partial charge in [-0.1, -0.05) is 35.5 Å². The van der Waals surface area contributed by atoms with Gasteiger partial charge in [0.05, 0.1) is 24.6 Å². The first-order valence-electron chi connectivity index (χ1n) is 6.45. The van der Waals surface area contributed by atoms with Crippen LogP contribution in [-0.4, -0.2) is 27.9 Å². The van der Waals surface area contributed by atoms with E-state index in [1.807, 2.05) is 36.4 Å². The zero-order valence-corrected chi connectivity index (χ0v) is 11.4. The molecule has 0 saturated heterocycles. The lowest BCUT2D eigenvalue weighted by Gasteiger charge is -2.08. The molecule has 3 rings (SSSR count). The summed E-state index contributed by atoms with van der Waals surface area (Å²) in [4.78, 5) is 12.7. The predicted octanol–water partition coefficient (Wildman–Crippen LogP) is 2.51. The molecule has 0 bridgehead atoms. The summed E-state index contributed by atoms with van der Waals surface area (Å²) in [5, 5.41) is 7.85. The van der Waals surface area contributed by atoms with Gasteiger partial charge in [-0.3, -0.25) is 4.79 Å². The fraction of sp³-hybridized carbons (Fsp3) is 0.0625. The highest BCUT2D eigenvalue weighted by atomic mass is 16.5. The molecule has 0 fully saturated rings. The van der Waals surface area contributed by atoms with E-state index in [2.05, 4.69) is 10.3 Å². The van der Waals surface area contributed by atoms with Crippen LogP contribution in [0.3, 0.4) is 0 Å². The number of ketones is 1. The number of para-hydroxylation sites is 2. The highest BCUT2D eigenvalue weighted by Crippen LogP contribution is 2.21. The summed E-state index contributed by atoms with van der Waals surface area (Å²) in [6, 6.07) is 16.5. The lowest BCUT2D eigenvalue weighted by Crippen LogP contribution is -2.11. The van der Waals surface area contributed by atoms with Crippen LogP contribution >= 0.6 is 0 Å². The van der Waals surface area contributed by atoms with Crippen LogP contribution in [0.25, 0.3) is 5.69 Å². The number of carbonyl (C=O) groups is 1. The van der Waals surface area contributed by atoms with Crippen LogP contribution in [0.4, 0.5) is 0 Å². The minimum atomic E-state index is -0.179. The standard InChI is InChI=1S/C16H13N3O2/c1-21-15-10-6-5-9-13(15)16(20)14-11-17-18-19(14)12-7-3-2-4-8-12/h2-11H,1H3. The van der Waals surface area contributed by atoms with Crippen LogP contribution in [0.5, 0.6) is 5.75 Å². The summed E-state index contributed by atoms with van der Waals surface area (Å²) in [6.07, 6.45) is 1.46. The average molecular weight is 279 g/mol. The van der Waals surface area contributed by atoms with E-state index < -0.39 is 0 Å². The van der Waals surface area contributed by atoms with Crippen molar-refractivity contribution in [3.63, 3.8) is 0 Å². The van der Waals surface area contributed by atoms with Crippen molar-refractivity contribution in [1.29, 1.82) is 0 Å². The molecule has 0 N–H and O–H groups in total. The van der Waals surface area contributed by atoms with Crippen LogP contribution in [-0.2, 0) is 0 Å². The molecule has 0 amide bonds. The number of aromatic nitrogens is 3. The number of benzene rings is 2. The molecule has 2 aromatic carbocycles. The number of methoxy groups -OCH3 is 1. The number of carbonyl (C=O) groups excluding carboxylic acids is 1. The molecule has 0 atom stereocenters. The maximum atomic E-state index is 12.7. The Hall–Kier alpha value is -2.95. The molecule has 5 heteroatoms. The Morgan fingerprint density at radius 2 is 1.76 bits per heavy atom. The zero-order valence-electron chi connectivity index (χ0n) is 11.4. The summed E-state index contributed by atoms with van der Waals surface area (Å²) in [5.74, 6) is 0.351. The smallest absolute Gasteiger partial charge is 0.216 e. The van der Waals surface area contributed by atoms with E-state index in [0.717, 1.165) is 5.69 Å². The van der Waals surface area contributed by atoms with Gasteiger partial charge >= 0.3 is 0 Å². The second kappa shape index (κ2) is 5.58. The van der Waals surface area contributed by atoms with Crippen LogP contribution in [0, 0.1) is 0 Å². The van der Waals surface area contributed by atoms with Gasteiger partial charge in [0.2, 0.25) is 5.78 Å². The molecule has 104 valence electrons. The molecular formula is C16H13N3O2. The topological polar surface area (TPSA) is 57.0 Å². The summed E-state index contributed by atoms with van der Waals surface area (Å²) >= 11 is 0. The maximum absolute atomic E-state index is 12.7. The van der Waals surface area contributed by atoms with Gasteiger partial charge in [0, 0.05) is 0 Å². The largest absolute Gasteiger partial charge is 0.496 e. The quantitative estimate of drug-likeness (QED) is 0.688. The van der Waals surface area contributed by atoms with Crippen LogP contribution in [0.2, 0.25) is 0 Å². The lowest BCUT2D eigenvalue weighted by molar-refractivity contribution is 0.102. The minimum Gasteiger partial charge on any atom is -0.496 e. The van der Waals surface area contributed by atoms with E-state index in [1.165, 1.54) is 10.9 Å². The average Bonchev–Trinajstić information content (AvgIpc) is 3.04. The van der Waals surface area contributed by atoms with Gasteiger partial charge in [0.15, 0.2) is 0 Å². The Labute approximate surface area is 121 Å². The van der Waals surface area contributed by atoms with Crippen LogP contribution < -0.4 is 4.74 Å². The Bertz CT molecular complexity index is 766. The van der Waals surface area contributed by atoms with Crippen molar-refractivity contribution in [2.75, 3.05) is 7.11 Å². The number of hydrogen-bond acceptors (Lipinski definition) is 4. The molecule has 3 aromatic rings. The third kappa shape index (κ3) is 2.41. The van der Waals surface area contributed by atoms with E-state index in [9.17, 15) is 4.79 Å². The van der Waals surface area contributed by atoms with E-state index in [1.54, 1.807) is 25.3 Å². The number of nitrogens with zero attached hydrogens (tertiary/aromatic N) is 3. The Kier molecular flexibility index (Phi) is 3.47. The van der Waals surface area contributed by atoms with Gasteiger partial charge < -0.3 is 4.74 Å². The van der Waals surface area contributed by atoms with Crippen LogP contribution in [0.15, 0.2) is 60.8 Å². The maximum Gasteiger partial charge on any atom is 0.216 e. The fourth-order valence-corrected chi connectivity index (χ4v) is 2.12. The molecule has 0 aliphatic rings. The number of hydrogen-bond donors (Lipinski definition) is 0. The van der Waals surface area contributed by atoms with E-state index in [0.29, 0.717) is 17.0 Å². The molecule has 0 saturated carbocycles. The summed E-state index contributed by atoms with van der Waals surface area (Å²) in [5.41, 5.74) is 1.67. The molecule has 0 spiro atoms. The minimum absolute atomic E-state index is 0.179. The fourth-order valence-electron chi connectivity index (χ4n) is 2.12. The van der Waals surface area contributed by atoms with Crippen molar-refractivity contribution in [3.8, 4) is 11.4 Å². The van der Waals surface area contributed by atoms with Crippen molar-refractivity contribution in [3.05, 3.63) is 72.1 Å². The second-order valence-corrected chi connectivity index (χ2v) is 4.40. The zero-order chi connectivity index (χ0) is 14.7. The summed E-state index contributed by atoms with van der Waals surface area (Å²) in [7, 11) is 1.54. The Morgan fingerprint density at radius 3 is 2.52 bits per heavy atom. The van der Waals surface area contributed by atoms with Crippen molar-refractivity contribution in [2.24, 2.45) is 0 Å². The molecule has 1 heterocycles. The van der Waals surface area contributed by atoms with Gasteiger partial charge in [-0.15, -0.1) is 5.10 Å². The number of rotatable bonds is 4. The third-order valence-electron chi connectivity index (χ3n) is 3.13. The first kappa shape index (κ1) is 13.1. The van der Waals surface area contributed by atoms with E-state index in [4.69, 9.17) is 4.74 Å². The van der Waals surface area contributed by atoms with Crippen molar-refractivity contribution in [1.82, 2.24) is 15.0 Å². The second-order valence-electron chi connectivity index (χ2n) is 4.40. The van der Waals surface area contributed by atoms with Crippen LogP contribution in [0.1, 0.15) is 16.1 Å². The van der Waals surface area contributed by atoms with Gasteiger partial charge in [0.1, 0.15) is 11.4 Å². The van der Waals surface area contributed by atoms with Gasteiger partial charge in [-0.05, 0) is 24.3 Å². The van der Waals surface area contributed by atoms with E-state index >= 15 is 0 Å². The highest BCUT2D eigenvalue weighted by molar-refractivity contribution is 6.09. The monoisotopic (exact) mass is 279 g/mol. The normalized spacial score (nSPS) is 10.3. The first-order valence-corrected chi connectivity index (χ1v) is 6.45. The predicted molar refractivity (Wildman–Crippen MR) is 77.8 cm³/mol. The highest BCUT2D eigenvalue weighted by Gasteiger charge is 2.19. The van der Waals surface area contributed by atoms with Crippen molar-refractivity contribution >= 4 is 5.78 Å². The summed E-state index contributed by atoms with van der Waals surface area (Å²) in [6.45, 7) is 0. The Balaban J connectivity index is 2.06. The molecule has 0 unspecified atom stereocenters. The lowest BCUT2D eigenvalue weighted by atomic mass is 10.1. The van der Waals surface area contributed by atoms with Gasteiger partial charge in [0.25, 0.3) is 0 Å². The third-order valence-corrected chi connectivity index (χ3v) is 3.13. The molecular weight excluding hydrogens is 266 g/mol. The van der Waals surface area contributed by atoms with Crippen molar-refractivity contribution < 1.29 is 9.53 Å². The molecule has 0 aliphatic heterocycles. The molecule has 0 radical (unpaired) electrons. The number of ether oxygens (including phenoxy) is 1. The SMILES string of the molecule is COc1ccccc1C(=O)c1cnnn1-c1ccccc1.